The first-order chi connectivity index (χ1) is 7.11. The highest BCUT2D eigenvalue weighted by Gasteiger charge is 2.08. The number of hydrogen-bond donors (Lipinski definition) is 2. The summed E-state index contributed by atoms with van der Waals surface area (Å²) in [6.07, 6.45) is 6.14. The van der Waals surface area contributed by atoms with Crippen molar-refractivity contribution in [1.29, 1.82) is 0 Å². The van der Waals surface area contributed by atoms with E-state index in [0.717, 1.165) is 31.5 Å². The van der Waals surface area contributed by atoms with Gasteiger partial charge in [-0.25, -0.2) is 9.55 Å². The smallest absolute Gasteiger partial charge is 0.303 e. The second-order valence-corrected chi connectivity index (χ2v) is 3.88. The van der Waals surface area contributed by atoms with Crippen molar-refractivity contribution in [1.82, 2.24) is 4.98 Å². The summed E-state index contributed by atoms with van der Waals surface area (Å²) < 4.78 is 2.14. The summed E-state index contributed by atoms with van der Waals surface area (Å²) in [5.41, 5.74) is 1.28. The third-order valence-electron chi connectivity index (χ3n) is 2.71. The van der Waals surface area contributed by atoms with Crippen molar-refractivity contribution in [2.24, 2.45) is 7.05 Å². The van der Waals surface area contributed by atoms with Crippen LogP contribution in [0, 0.1) is 6.92 Å². The van der Waals surface area contributed by atoms with Crippen molar-refractivity contribution in [2.45, 2.75) is 39.0 Å². The molecular weight excluding hydrogens is 192 g/mol. The van der Waals surface area contributed by atoms with Crippen LogP contribution in [0.15, 0.2) is 6.20 Å². The summed E-state index contributed by atoms with van der Waals surface area (Å²) in [5, 5.41) is 8.47. The van der Waals surface area contributed by atoms with Gasteiger partial charge in [0.2, 0.25) is 0 Å². The molecule has 2 N–H and O–H groups in total. The third-order valence-corrected chi connectivity index (χ3v) is 2.71. The van der Waals surface area contributed by atoms with Crippen LogP contribution in [0.1, 0.15) is 37.2 Å². The molecule has 0 atom stereocenters. The summed E-state index contributed by atoms with van der Waals surface area (Å²) in [7, 11) is 2.04. The molecule has 0 fully saturated rings. The van der Waals surface area contributed by atoms with Gasteiger partial charge in [0.15, 0.2) is 0 Å². The van der Waals surface area contributed by atoms with Crippen LogP contribution < -0.4 is 4.57 Å². The molecule has 1 heterocycles. The second kappa shape index (κ2) is 5.53. The van der Waals surface area contributed by atoms with E-state index in [1.807, 2.05) is 20.2 Å². The molecule has 0 saturated heterocycles. The minimum absolute atomic E-state index is 0.290. The molecule has 0 saturated carbocycles. The van der Waals surface area contributed by atoms with E-state index < -0.39 is 5.97 Å². The lowest BCUT2D eigenvalue weighted by Gasteiger charge is -1.98. The number of carboxylic acid groups (broad SMARTS) is 1. The Bertz CT molecular complexity index is 331. The number of unbranched alkanes of at least 4 members (excludes halogenated alkanes) is 2. The quantitative estimate of drug-likeness (QED) is 0.551. The Morgan fingerprint density at radius 2 is 2.20 bits per heavy atom. The Balaban J connectivity index is 2.20. The van der Waals surface area contributed by atoms with Crippen LogP contribution >= 0.6 is 0 Å². The van der Waals surface area contributed by atoms with Gasteiger partial charge in [-0.3, -0.25) is 4.79 Å². The molecule has 84 valence electrons. The van der Waals surface area contributed by atoms with Crippen molar-refractivity contribution in [3.05, 3.63) is 17.7 Å². The summed E-state index contributed by atoms with van der Waals surface area (Å²) in [6, 6.07) is 0. The van der Waals surface area contributed by atoms with Crippen LogP contribution in [0.5, 0.6) is 0 Å². The normalized spacial score (nSPS) is 10.5. The zero-order valence-corrected chi connectivity index (χ0v) is 9.42. The zero-order chi connectivity index (χ0) is 11.3. The number of nitrogens with one attached hydrogen (secondary N) is 1. The lowest BCUT2D eigenvalue weighted by molar-refractivity contribution is -0.683. The highest BCUT2D eigenvalue weighted by Crippen LogP contribution is 2.04. The molecule has 0 aromatic carbocycles. The monoisotopic (exact) mass is 211 g/mol. The van der Waals surface area contributed by atoms with Crippen LogP contribution in [0.2, 0.25) is 0 Å². The molecule has 15 heavy (non-hydrogen) atoms. The number of imidazole rings is 1. The fourth-order valence-electron chi connectivity index (χ4n) is 1.60. The Labute approximate surface area is 89.9 Å². The van der Waals surface area contributed by atoms with E-state index >= 15 is 0 Å². The molecule has 0 spiro atoms. The summed E-state index contributed by atoms with van der Waals surface area (Å²) in [5.74, 6) is 0.452. The Kier molecular flexibility index (Phi) is 4.34. The number of carbonyl (C=O) groups is 1. The lowest BCUT2D eigenvalue weighted by Crippen LogP contribution is -2.33. The number of rotatable bonds is 6. The van der Waals surface area contributed by atoms with E-state index in [9.17, 15) is 4.79 Å². The summed E-state index contributed by atoms with van der Waals surface area (Å²) in [6.45, 7) is 2.04. The fourth-order valence-corrected chi connectivity index (χ4v) is 1.60. The molecule has 4 nitrogen and oxygen atoms in total. The van der Waals surface area contributed by atoms with Crippen LogP contribution in [-0.2, 0) is 18.3 Å². The number of carboxylic acids is 1. The maximum atomic E-state index is 10.3. The van der Waals surface area contributed by atoms with Gasteiger partial charge >= 0.3 is 5.97 Å². The van der Waals surface area contributed by atoms with E-state index in [1.54, 1.807) is 0 Å². The van der Waals surface area contributed by atoms with Gasteiger partial charge < -0.3 is 5.11 Å². The SMILES string of the molecule is Cc1[nH]cc(CCCCCC(=O)O)[n+]1C. The molecule has 4 heteroatoms. The number of aromatic amines is 1. The minimum atomic E-state index is -0.696. The predicted octanol–water partition coefficient (Wildman–Crippen LogP) is 1.34. The average Bonchev–Trinajstić information content (AvgIpc) is 2.48. The predicted molar refractivity (Wildman–Crippen MR) is 56.5 cm³/mol. The van der Waals surface area contributed by atoms with Crippen molar-refractivity contribution in [3.63, 3.8) is 0 Å². The summed E-state index contributed by atoms with van der Waals surface area (Å²) >= 11 is 0. The maximum absolute atomic E-state index is 10.3. The fraction of sp³-hybridized carbons (Fsp3) is 0.636. The standard InChI is InChI=1S/C11H18N2O2/c1-9-12-8-10(13(9)2)6-4-3-5-7-11(14)15/h8H,3-7H2,1-2H3,(H,14,15)/p+1. The van der Waals surface area contributed by atoms with Crippen LogP contribution in [0.3, 0.4) is 0 Å². The van der Waals surface area contributed by atoms with E-state index in [4.69, 9.17) is 5.11 Å². The topological polar surface area (TPSA) is 57.0 Å². The number of hydrogen-bond acceptors (Lipinski definition) is 1. The largest absolute Gasteiger partial charge is 0.481 e. The second-order valence-electron chi connectivity index (χ2n) is 3.88. The number of aryl methyl sites for hydroxylation is 2. The van der Waals surface area contributed by atoms with E-state index in [0.29, 0.717) is 0 Å². The molecule has 0 amide bonds. The van der Waals surface area contributed by atoms with Gasteiger partial charge in [-0.1, -0.05) is 6.42 Å². The molecular formula is C11H19N2O2+. The Hall–Kier alpha value is -1.32. The molecule has 0 aliphatic heterocycles. The molecule has 0 aliphatic rings. The number of H-pyrrole nitrogens is 1. The highest BCUT2D eigenvalue weighted by molar-refractivity contribution is 5.66. The van der Waals surface area contributed by atoms with Gasteiger partial charge in [-0.05, 0) is 12.8 Å². The first-order valence-electron chi connectivity index (χ1n) is 5.36. The maximum Gasteiger partial charge on any atom is 0.303 e. The number of nitrogens with zero attached hydrogens (tertiary/aromatic N) is 1. The van der Waals surface area contributed by atoms with Crippen molar-refractivity contribution in [3.8, 4) is 0 Å². The average molecular weight is 211 g/mol. The molecule has 0 bridgehead atoms. The molecule has 1 aromatic rings. The lowest BCUT2D eigenvalue weighted by atomic mass is 10.1. The number of aliphatic carboxylic acids is 1. The van der Waals surface area contributed by atoms with Crippen LogP contribution in [0.4, 0.5) is 0 Å². The van der Waals surface area contributed by atoms with Crippen molar-refractivity contribution in [2.75, 3.05) is 0 Å². The first kappa shape index (κ1) is 11.8. The highest BCUT2D eigenvalue weighted by atomic mass is 16.4. The van der Waals surface area contributed by atoms with E-state index in [-0.39, 0.29) is 6.42 Å². The minimum Gasteiger partial charge on any atom is -0.481 e. The zero-order valence-electron chi connectivity index (χ0n) is 9.42. The third kappa shape index (κ3) is 3.73. The van der Waals surface area contributed by atoms with Crippen molar-refractivity contribution < 1.29 is 14.5 Å². The van der Waals surface area contributed by atoms with Gasteiger partial charge in [0.25, 0.3) is 5.82 Å². The van der Waals surface area contributed by atoms with E-state index in [1.165, 1.54) is 5.69 Å². The molecule has 1 aromatic heterocycles. The van der Waals surface area contributed by atoms with Crippen molar-refractivity contribution >= 4 is 5.97 Å². The van der Waals surface area contributed by atoms with Crippen LogP contribution in [-0.4, -0.2) is 16.1 Å². The Morgan fingerprint density at radius 1 is 1.47 bits per heavy atom. The molecule has 0 unspecified atom stereocenters. The van der Waals surface area contributed by atoms with Gasteiger partial charge in [-0.2, -0.15) is 0 Å². The van der Waals surface area contributed by atoms with Gasteiger partial charge in [0.05, 0.1) is 7.05 Å². The van der Waals surface area contributed by atoms with Crippen LogP contribution in [0.25, 0.3) is 0 Å². The molecule has 1 rings (SSSR count). The first-order valence-corrected chi connectivity index (χ1v) is 5.36. The van der Waals surface area contributed by atoms with Gasteiger partial charge in [-0.15, -0.1) is 0 Å². The Morgan fingerprint density at radius 3 is 2.73 bits per heavy atom. The molecule has 0 aliphatic carbocycles. The molecule has 0 radical (unpaired) electrons. The summed E-state index contributed by atoms with van der Waals surface area (Å²) in [4.78, 5) is 13.4. The van der Waals surface area contributed by atoms with Gasteiger partial charge in [0, 0.05) is 19.8 Å². The van der Waals surface area contributed by atoms with E-state index in [2.05, 4.69) is 9.55 Å². The number of aromatic nitrogens is 2. The van der Waals surface area contributed by atoms with Gasteiger partial charge in [0.1, 0.15) is 11.9 Å².